The monoisotopic (exact) mass is 423 g/mol. The minimum Gasteiger partial charge on any atom is -0.455 e. The summed E-state index contributed by atoms with van der Waals surface area (Å²) in [7, 11) is 0. The summed E-state index contributed by atoms with van der Waals surface area (Å²) in [5, 5.41) is 7.40. The van der Waals surface area contributed by atoms with Crippen LogP contribution in [0.4, 0.5) is 5.82 Å². The van der Waals surface area contributed by atoms with Gasteiger partial charge in [-0.15, -0.1) is 23.2 Å². The van der Waals surface area contributed by atoms with Crippen LogP contribution in [-0.4, -0.2) is 32.6 Å². The largest absolute Gasteiger partial charge is 0.455 e. The third kappa shape index (κ3) is 4.03. The maximum atomic E-state index is 12.4. The van der Waals surface area contributed by atoms with E-state index in [9.17, 15) is 9.59 Å². The molecule has 0 saturated heterocycles. The number of hydrogen-bond donors (Lipinski definition) is 1. The van der Waals surface area contributed by atoms with Crippen LogP contribution in [0.15, 0.2) is 36.4 Å². The molecule has 1 fully saturated rings. The standard InChI is InChI=1S/C20H23Cl2N3O3/c1-18(2,3)14-10-15(25(24-14)13-8-6-5-7-9-13)23-16(26)11-28-17(27)19(4)12-20(19,21)22/h5-10H,11-12H2,1-4H3,(H,23,26). The molecule has 3 rings (SSSR count). The third-order valence-electron chi connectivity index (χ3n) is 4.79. The molecule has 1 heterocycles. The number of rotatable bonds is 5. The maximum Gasteiger partial charge on any atom is 0.315 e. The molecule has 1 aliphatic rings. The highest BCUT2D eigenvalue weighted by atomic mass is 35.5. The van der Waals surface area contributed by atoms with E-state index in [-0.39, 0.29) is 5.41 Å². The molecule has 6 nitrogen and oxygen atoms in total. The summed E-state index contributed by atoms with van der Waals surface area (Å²) < 4.78 is 5.64. The van der Waals surface area contributed by atoms with Crippen molar-refractivity contribution in [1.29, 1.82) is 0 Å². The van der Waals surface area contributed by atoms with Gasteiger partial charge in [0.15, 0.2) is 6.61 Å². The lowest BCUT2D eigenvalue weighted by Crippen LogP contribution is -2.27. The molecular formula is C20H23Cl2N3O3. The van der Waals surface area contributed by atoms with Gasteiger partial charge in [-0.05, 0) is 19.1 Å². The number of ether oxygens (including phenoxy) is 1. The number of amides is 1. The first-order chi connectivity index (χ1) is 12.9. The minimum atomic E-state index is -1.13. The van der Waals surface area contributed by atoms with Gasteiger partial charge in [0.1, 0.15) is 15.6 Å². The molecule has 1 saturated carbocycles. The van der Waals surface area contributed by atoms with Crippen molar-refractivity contribution in [2.75, 3.05) is 11.9 Å². The lowest BCUT2D eigenvalue weighted by atomic mass is 9.92. The average molecular weight is 424 g/mol. The predicted molar refractivity (Wildman–Crippen MR) is 109 cm³/mol. The van der Waals surface area contributed by atoms with Crippen molar-refractivity contribution >= 4 is 40.9 Å². The van der Waals surface area contributed by atoms with Crippen LogP contribution >= 0.6 is 23.2 Å². The van der Waals surface area contributed by atoms with E-state index in [0.29, 0.717) is 12.2 Å². The van der Waals surface area contributed by atoms with Gasteiger partial charge in [-0.3, -0.25) is 9.59 Å². The number of aromatic nitrogens is 2. The number of esters is 1. The zero-order valence-corrected chi connectivity index (χ0v) is 17.8. The molecule has 1 aromatic carbocycles. The molecule has 28 heavy (non-hydrogen) atoms. The topological polar surface area (TPSA) is 73.2 Å². The molecule has 0 aliphatic heterocycles. The number of hydrogen-bond acceptors (Lipinski definition) is 4. The van der Waals surface area contributed by atoms with Crippen molar-refractivity contribution in [3.05, 3.63) is 42.1 Å². The van der Waals surface area contributed by atoms with Crippen LogP contribution in [0.5, 0.6) is 0 Å². The normalized spacial score (nSPS) is 20.5. The Labute approximate surface area is 174 Å². The smallest absolute Gasteiger partial charge is 0.315 e. The van der Waals surface area contributed by atoms with Crippen LogP contribution in [0.3, 0.4) is 0 Å². The average Bonchev–Trinajstić information content (AvgIpc) is 2.94. The van der Waals surface area contributed by atoms with E-state index in [0.717, 1.165) is 11.4 Å². The Morgan fingerprint density at radius 2 is 1.86 bits per heavy atom. The molecule has 1 unspecified atom stereocenters. The molecular weight excluding hydrogens is 401 g/mol. The van der Waals surface area contributed by atoms with Gasteiger partial charge in [-0.1, -0.05) is 39.0 Å². The molecule has 150 valence electrons. The zero-order chi connectivity index (χ0) is 20.7. The number of nitrogens with one attached hydrogen (secondary N) is 1. The van der Waals surface area contributed by atoms with Crippen LogP contribution in [0.2, 0.25) is 0 Å². The second-order valence-corrected chi connectivity index (χ2v) is 9.73. The van der Waals surface area contributed by atoms with Crippen LogP contribution in [0, 0.1) is 5.41 Å². The first-order valence-electron chi connectivity index (χ1n) is 8.95. The van der Waals surface area contributed by atoms with Crippen LogP contribution in [0.1, 0.15) is 39.8 Å². The van der Waals surface area contributed by atoms with Crippen LogP contribution in [-0.2, 0) is 19.7 Å². The number of carbonyl (C=O) groups excluding carboxylic acids is 2. The summed E-state index contributed by atoms with van der Waals surface area (Å²) in [4.78, 5) is 24.5. The van der Waals surface area contributed by atoms with E-state index in [2.05, 4.69) is 10.4 Å². The van der Waals surface area contributed by atoms with E-state index in [1.807, 2.05) is 57.2 Å². The highest BCUT2D eigenvalue weighted by Crippen LogP contribution is 2.64. The Hall–Kier alpha value is -2.05. The molecule has 1 aromatic heterocycles. The number of anilines is 1. The lowest BCUT2D eigenvalue weighted by molar-refractivity contribution is -0.152. The summed E-state index contributed by atoms with van der Waals surface area (Å²) in [6.45, 7) is 7.31. The SMILES string of the molecule is CC(C)(C)c1cc(NC(=O)COC(=O)C2(C)CC2(Cl)Cl)n(-c2ccccc2)n1. The minimum absolute atomic E-state index is 0.198. The van der Waals surface area contributed by atoms with Gasteiger partial charge < -0.3 is 10.1 Å². The number of halogens is 2. The van der Waals surface area contributed by atoms with Gasteiger partial charge in [0.2, 0.25) is 0 Å². The molecule has 0 spiro atoms. The number of carbonyl (C=O) groups is 2. The molecule has 8 heteroatoms. The number of alkyl halides is 2. The van der Waals surface area contributed by atoms with Gasteiger partial charge in [-0.25, -0.2) is 4.68 Å². The predicted octanol–water partition coefficient (Wildman–Crippen LogP) is 4.24. The summed E-state index contributed by atoms with van der Waals surface area (Å²) >= 11 is 11.9. The quantitative estimate of drug-likeness (QED) is 0.576. The second-order valence-electron chi connectivity index (χ2n) is 8.25. The molecule has 0 radical (unpaired) electrons. The number of benzene rings is 1. The van der Waals surface area contributed by atoms with E-state index in [1.165, 1.54) is 0 Å². The van der Waals surface area contributed by atoms with Crippen molar-refractivity contribution in [2.24, 2.45) is 5.41 Å². The van der Waals surface area contributed by atoms with Gasteiger partial charge >= 0.3 is 5.97 Å². The Morgan fingerprint density at radius 3 is 2.39 bits per heavy atom. The Morgan fingerprint density at radius 1 is 1.25 bits per heavy atom. The van der Waals surface area contributed by atoms with Gasteiger partial charge in [0.05, 0.1) is 11.4 Å². The number of para-hydroxylation sites is 1. The van der Waals surface area contributed by atoms with Gasteiger partial charge in [0, 0.05) is 17.9 Å². The lowest BCUT2D eigenvalue weighted by Gasteiger charge is -2.14. The Kier molecular flexibility index (Phi) is 5.23. The fraction of sp³-hybridized carbons (Fsp3) is 0.450. The van der Waals surface area contributed by atoms with Crippen LogP contribution in [0.25, 0.3) is 5.69 Å². The van der Waals surface area contributed by atoms with Gasteiger partial charge in [-0.2, -0.15) is 5.10 Å². The van der Waals surface area contributed by atoms with Crippen molar-refractivity contribution in [3.63, 3.8) is 0 Å². The molecule has 1 atom stereocenters. The highest BCUT2D eigenvalue weighted by molar-refractivity contribution is 6.53. The van der Waals surface area contributed by atoms with Crippen molar-refractivity contribution in [2.45, 2.75) is 43.9 Å². The van der Waals surface area contributed by atoms with Crippen LogP contribution < -0.4 is 5.32 Å². The molecule has 1 amide bonds. The van der Waals surface area contributed by atoms with Crippen molar-refractivity contribution in [3.8, 4) is 5.69 Å². The van der Waals surface area contributed by atoms with Crippen molar-refractivity contribution in [1.82, 2.24) is 9.78 Å². The Balaban J connectivity index is 1.73. The fourth-order valence-electron chi connectivity index (χ4n) is 2.69. The van der Waals surface area contributed by atoms with E-state index in [4.69, 9.17) is 27.9 Å². The van der Waals surface area contributed by atoms with E-state index >= 15 is 0 Å². The molecule has 0 bridgehead atoms. The third-order valence-corrected chi connectivity index (χ3v) is 5.89. The number of nitrogens with zero attached hydrogens (tertiary/aromatic N) is 2. The summed E-state index contributed by atoms with van der Waals surface area (Å²) in [5.74, 6) is -0.552. The van der Waals surface area contributed by atoms with Gasteiger partial charge in [0.25, 0.3) is 5.91 Å². The fourth-order valence-corrected chi connectivity index (χ4v) is 3.38. The molecule has 1 aliphatic carbocycles. The second kappa shape index (κ2) is 7.08. The van der Waals surface area contributed by atoms with Crippen molar-refractivity contribution < 1.29 is 14.3 Å². The molecule has 2 aromatic rings. The Bertz CT molecular complexity index is 903. The zero-order valence-electron chi connectivity index (χ0n) is 16.3. The molecule has 1 N–H and O–H groups in total. The van der Waals surface area contributed by atoms with E-state index < -0.39 is 28.2 Å². The summed E-state index contributed by atoms with van der Waals surface area (Å²) in [6, 6.07) is 11.3. The first kappa shape index (κ1) is 20.7. The summed E-state index contributed by atoms with van der Waals surface area (Å²) in [6.07, 6.45) is 0.305. The maximum absolute atomic E-state index is 12.4. The first-order valence-corrected chi connectivity index (χ1v) is 9.70. The highest BCUT2D eigenvalue weighted by Gasteiger charge is 2.69. The summed E-state index contributed by atoms with van der Waals surface area (Å²) in [5.41, 5.74) is 0.464. The van der Waals surface area contributed by atoms with E-state index in [1.54, 1.807) is 11.6 Å².